The van der Waals surface area contributed by atoms with E-state index in [-0.39, 0.29) is 0 Å². The highest BCUT2D eigenvalue weighted by Gasteiger charge is 2.02. The van der Waals surface area contributed by atoms with Gasteiger partial charge in [0, 0.05) is 6.20 Å². The number of aromatic nitrogens is 2. The van der Waals surface area contributed by atoms with E-state index < -0.39 is 0 Å². The maximum absolute atomic E-state index is 5.49. The summed E-state index contributed by atoms with van der Waals surface area (Å²) in [6.07, 6.45) is 6.02. The molecule has 0 saturated heterocycles. The molecule has 0 fully saturated rings. The van der Waals surface area contributed by atoms with Gasteiger partial charge >= 0.3 is 0 Å². The number of nitrogens with two attached hydrogens (primary N) is 1. The third kappa shape index (κ3) is 2.31. The van der Waals surface area contributed by atoms with E-state index in [0.717, 1.165) is 25.1 Å². The molecule has 2 aromatic rings. The highest BCUT2D eigenvalue weighted by molar-refractivity contribution is 5.39. The van der Waals surface area contributed by atoms with Gasteiger partial charge in [0.1, 0.15) is 0 Å². The lowest BCUT2D eigenvalue weighted by atomic mass is 10.2. The molecular formula is C13H17N3. The van der Waals surface area contributed by atoms with Gasteiger partial charge in [0.15, 0.2) is 0 Å². The van der Waals surface area contributed by atoms with Gasteiger partial charge in [0.2, 0.25) is 0 Å². The van der Waals surface area contributed by atoms with Crippen molar-refractivity contribution in [3.63, 3.8) is 0 Å². The molecule has 0 unspecified atom stereocenters. The molecule has 3 heteroatoms. The van der Waals surface area contributed by atoms with Gasteiger partial charge in [-0.25, -0.2) is 4.68 Å². The van der Waals surface area contributed by atoms with Crippen LogP contribution in [0.4, 0.5) is 0 Å². The van der Waals surface area contributed by atoms with Crippen molar-refractivity contribution in [3.05, 3.63) is 47.8 Å². The summed E-state index contributed by atoms with van der Waals surface area (Å²) in [5.41, 5.74) is 9.11. The SMILES string of the molecule is Cc1ccccc1-n1cc(CCCN)cn1. The van der Waals surface area contributed by atoms with Crippen LogP contribution in [0.2, 0.25) is 0 Å². The minimum absolute atomic E-state index is 0.732. The van der Waals surface area contributed by atoms with E-state index in [2.05, 4.69) is 30.4 Å². The maximum atomic E-state index is 5.49. The standard InChI is InChI=1S/C13H17N3/c1-11-5-2-3-7-13(11)16-10-12(9-15-16)6-4-8-14/h2-3,5,7,9-10H,4,6,8,14H2,1H3. The third-order valence-electron chi connectivity index (χ3n) is 2.67. The number of hydrogen-bond donors (Lipinski definition) is 1. The topological polar surface area (TPSA) is 43.8 Å². The van der Waals surface area contributed by atoms with Gasteiger partial charge in [-0.3, -0.25) is 0 Å². The first-order chi connectivity index (χ1) is 7.81. The average molecular weight is 215 g/mol. The lowest BCUT2D eigenvalue weighted by Crippen LogP contribution is -2.00. The second-order valence-corrected chi connectivity index (χ2v) is 3.97. The molecule has 0 amide bonds. The van der Waals surface area contributed by atoms with E-state index in [1.807, 2.05) is 23.0 Å². The Hall–Kier alpha value is -1.61. The van der Waals surface area contributed by atoms with E-state index in [1.54, 1.807) is 0 Å². The Bertz CT molecular complexity index is 460. The first kappa shape index (κ1) is 10.9. The Kier molecular flexibility index (Phi) is 3.37. The summed E-state index contributed by atoms with van der Waals surface area (Å²) in [5, 5.41) is 4.38. The molecule has 0 radical (unpaired) electrons. The van der Waals surface area contributed by atoms with Gasteiger partial charge in [-0.2, -0.15) is 5.10 Å². The fourth-order valence-corrected chi connectivity index (χ4v) is 1.75. The Labute approximate surface area is 95.9 Å². The fraction of sp³-hybridized carbons (Fsp3) is 0.308. The van der Waals surface area contributed by atoms with Crippen LogP contribution in [0.5, 0.6) is 0 Å². The molecule has 3 nitrogen and oxygen atoms in total. The van der Waals surface area contributed by atoms with Gasteiger partial charge in [-0.15, -0.1) is 0 Å². The van der Waals surface area contributed by atoms with Crippen LogP contribution in [0, 0.1) is 6.92 Å². The molecule has 2 rings (SSSR count). The lowest BCUT2D eigenvalue weighted by Gasteiger charge is -2.04. The van der Waals surface area contributed by atoms with Crippen molar-refractivity contribution in [1.29, 1.82) is 0 Å². The average Bonchev–Trinajstić information content (AvgIpc) is 2.75. The van der Waals surface area contributed by atoms with Gasteiger partial charge in [-0.1, -0.05) is 18.2 Å². The first-order valence-electron chi connectivity index (χ1n) is 5.61. The zero-order chi connectivity index (χ0) is 11.4. The zero-order valence-electron chi connectivity index (χ0n) is 9.56. The Balaban J connectivity index is 2.22. The van der Waals surface area contributed by atoms with Crippen molar-refractivity contribution < 1.29 is 0 Å². The molecule has 1 aromatic heterocycles. The Morgan fingerprint density at radius 1 is 1.31 bits per heavy atom. The molecule has 0 aliphatic rings. The monoisotopic (exact) mass is 215 g/mol. The van der Waals surface area contributed by atoms with E-state index in [9.17, 15) is 0 Å². The predicted octanol–water partition coefficient (Wildman–Crippen LogP) is 2.07. The van der Waals surface area contributed by atoms with E-state index >= 15 is 0 Å². The number of hydrogen-bond acceptors (Lipinski definition) is 2. The van der Waals surface area contributed by atoms with Gasteiger partial charge in [0.05, 0.1) is 11.9 Å². The summed E-state index contributed by atoms with van der Waals surface area (Å²) in [6, 6.07) is 8.24. The summed E-state index contributed by atoms with van der Waals surface area (Å²) in [5.74, 6) is 0. The summed E-state index contributed by atoms with van der Waals surface area (Å²) in [4.78, 5) is 0. The molecule has 0 aliphatic heterocycles. The molecule has 1 heterocycles. The normalized spacial score (nSPS) is 10.6. The van der Waals surface area contributed by atoms with Crippen LogP contribution in [-0.4, -0.2) is 16.3 Å². The smallest absolute Gasteiger partial charge is 0.0674 e. The second-order valence-electron chi connectivity index (χ2n) is 3.97. The van der Waals surface area contributed by atoms with Crippen LogP contribution in [0.3, 0.4) is 0 Å². The minimum atomic E-state index is 0.732. The van der Waals surface area contributed by atoms with E-state index in [1.165, 1.54) is 11.1 Å². The van der Waals surface area contributed by atoms with Crippen molar-refractivity contribution in [1.82, 2.24) is 9.78 Å². The number of benzene rings is 1. The highest BCUT2D eigenvalue weighted by atomic mass is 15.3. The summed E-state index contributed by atoms with van der Waals surface area (Å²) in [7, 11) is 0. The zero-order valence-corrected chi connectivity index (χ0v) is 9.56. The number of para-hydroxylation sites is 1. The molecule has 1 aromatic carbocycles. The Morgan fingerprint density at radius 3 is 2.88 bits per heavy atom. The van der Waals surface area contributed by atoms with Gasteiger partial charge in [0.25, 0.3) is 0 Å². The van der Waals surface area contributed by atoms with Crippen LogP contribution < -0.4 is 5.73 Å². The van der Waals surface area contributed by atoms with E-state index in [0.29, 0.717) is 0 Å². The first-order valence-corrected chi connectivity index (χ1v) is 5.61. The molecule has 2 N–H and O–H groups in total. The van der Waals surface area contributed by atoms with Crippen molar-refractivity contribution in [2.75, 3.05) is 6.54 Å². The molecule has 84 valence electrons. The largest absolute Gasteiger partial charge is 0.330 e. The summed E-state index contributed by atoms with van der Waals surface area (Å²) >= 11 is 0. The molecule has 0 spiro atoms. The fourth-order valence-electron chi connectivity index (χ4n) is 1.75. The maximum Gasteiger partial charge on any atom is 0.0674 e. The van der Waals surface area contributed by atoms with Gasteiger partial charge in [-0.05, 0) is 43.5 Å². The molecule has 16 heavy (non-hydrogen) atoms. The van der Waals surface area contributed by atoms with Crippen molar-refractivity contribution in [3.8, 4) is 5.69 Å². The van der Waals surface area contributed by atoms with Crippen LogP contribution in [0.1, 0.15) is 17.5 Å². The minimum Gasteiger partial charge on any atom is -0.330 e. The molecule has 0 atom stereocenters. The Morgan fingerprint density at radius 2 is 2.12 bits per heavy atom. The molecule has 0 aliphatic carbocycles. The van der Waals surface area contributed by atoms with Gasteiger partial charge < -0.3 is 5.73 Å². The predicted molar refractivity (Wildman–Crippen MR) is 65.7 cm³/mol. The highest BCUT2D eigenvalue weighted by Crippen LogP contribution is 2.13. The number of nitrogens with zero attached hydrogens (tertiary/aromatic N) is 2. The van der Waals surface area contributed by atoms with Crippen LogP contribution >= 0.6 is 0 Å². The summed E-state index contributed by atoms with van der Waals surface area (Å²) in [6.45, 7) is 2.83. The van der Waals surface area contributed by atoms with Crippen molar-refractivity contribution >= 4 is 0 Å². The number of aryl methyl sites for hydroxylation is 2. The molecular weight excluding hydrogens is 198 g/mol. The summed E-state index contributed by atoms with van der Waals surface area (Å²) < 4.78 is 1.93. The quantitative estimate of drug-likeness (QED) is 0.848. The number of rotatable bonds is 4. The molecule has 0 bridgehead atoms. The lowest BCUT2D eigenvalue weighted by molar-refractivity contribution is 0.830. The molecule has 0 saturated carbocycles. The van der Waals surface area contributed by atoms with Crippen LogP contribution in [-0.2, 0) is 6.42 Å². The van der Waals surface area contributed by atoms with E-state index in [4.69, 9.17) is 5.73 Å². The van der Waals surface area contributed by atoms with Crippen molar-refractivity contribution in [2.24, 2.45) is 5.73 Å². The van der Waals surface area contributed by atoms with Crippen LogP contribution in [0.25, 0.3) is 5.69 Å². The van der Waals surface area contributed by atoms with Crippen LogP contribution in [0.15, 0.2) is 36.7 Å². The third-order valence-corrected chi connectivity index (χ3v) is 2.67. The second kappa shape index (κ2) is 4.94. The van der Waals surface area contributed by atoms with Crippen molar-refractivity contribution in [2.45, 2.75) is 19.8 Å².